The number of amides is 1. The van der Waals surface area contributed by atoms with Crippen LogP contribution in [0, 0.1) is 5.92 Å². The van der Waals surface area contributed by atoms with Crippen molar-refractivity contribution in [1.29, 1.82) is 0 Å². The maximum Gasteiger partial charge on any atom is 0.309 e. The van der Waals surface area contributed by atoms with Gasteiger partial charge < -0.3 is 9.64 Å². The van der Waals surface area contributed by atoms with Gasteiger partial charge in [0.2, 0.25) is 5.91 Å². The van der Waals surface area contributed by atoms with Crippen molar-refractivity contribution >= 4 is 23.6 Å². The van der Waals surface area contributed by atoms with Crippen molar-refractivity contribution in [3.63, 3.8) is 0 Å². The summed E-state index contributed by atoms with van der Waals surface area (Å²) >= 11 is 1.75. The third-order valence-corrected chi connectivity index (χ3v) is 9.95. The van der Waals surface area contributed by atoms with E-state index in [-0.39, 0.29) is 29.8 Å². The predicted molar refractivity (Wildman–Crippen MR) is 163 cm³/mol. The van der Waals surface area contributed by atoms with Crippen LogP contribution in [-0.4, -0.2) is 63.2 Å². The van der Waals surface area contributed by atoms with Crippen molar-refractivity contribution in [2.75, 3.05) is 26.7 Å². The normalized spacial score (nSPS) is 17.9. The molecular formula is C33H38N4O4S. The summed E-state index contributed by atoms with van der Waals surface area (Å²) in [6, 6.07) is 17.7. The lowest BCUT2D eigenvalue weighted by molar-refractivity contribution is -0.142. The summed E-state index contributed by atoms with van der Waals surface area (Å²) in [4.78, 5) is 48.1. The van der Waals surface area contributed by atoms with Gasteiger partial charge in [-0.05, 0) is 36.1 Å². The minimum atomic E-state index is -0.249. The summed E-state index contributed by atoms with van der Waals surface area (Å²) in [6.07, 6.45) is 6.95. The number of fused-ring (bicyclic) bond motifs is 1. The summed E-state index contributed by atoms with van der Waals surface area (Å²) in [5.74, 6) is -0.187. The summed E-state index contributed by atoms with van der Waals surface area (Å²) in [7, 11) is 1.39. The number of carbonyl (C=O) groups excluding carboxylic acids is 2. The van der Waals surface area contributed by atoms with Gasteiger partial charge in [0.15, 0.2) is 5.16 Å². The summed E-state index contributed by atoms with van der Waals surface area (Å²) < 4.78 is 6.51. The number of methoxy groups -OCH3 is 1. The Kier molecular flexibility index (Phi) is 8.76. The maximum absolute atomic E-state index is 14.0. The fourth-order valence-electron chi connectivity index (χ4n) is 6.23. The van der Waals surface area contributed by atoms with Crippen molar-refractivity contribution < 1.29 is 14.3 Å². The van der Waals surface area contributed by atoms with E-state index in [2.05, 4.69) is 4.90 Å². The zero-order valence-corrected chi connectivity index (χ0v) is 25.0. The quantitative estimate of drug-likeness (QED) is 0.286. The minimum absolute atomic E-state index is 0.0482. The third-order valence-electron chi connectivity index (χ3n) is 8.66. The Morgan fingerprint density at radius 1 is 0.976 bits per heavy atom. The second-order valence-electron chi connectivity index (χ2n) is 11.6. The first kappa shape index (κ1) is 28.7. The Morgan fingerprint density at radius 3 is 2.40 bits per heavy atom. The lowest BCUT2D eigenvalue weighted by Crippen LogP contribution is -2.55. The monoisotopic (exact) mass is 586 g/mol. The molecule has 0 radical (unpaired) electrons. The molecule has 8 nitrogen and oxygen atoms in total. The Labute approximate surface area is 251 Å². The number of para-hydroxylation sites is 1. The van der Waals surface area contributed by atoms with E-state index in [1.807, 2.05) is 59.5 Å². The van der Waals surface area contributed by atoms with E-state index >= 15 is 0 Å². The third kappa shape index (κ3) is 6.32. The first-order chi connectivity index (χ1) is 20.5. The van der Waals surface area contributed by atoms with Crippen LogP contribution in [0.15, 0.2) is 64.5 Å². The number of thioether (sulfide) groups is 1. The molecular weight excluding hydrogens is 548 g/mol. The first-order valence-corrected chi connectivity index (χ1v) is 15.9. The van der Waals surface area contributed by atoms with Crippen LogP contribution in [0.5, 0.6) is 0 Å². The van der Waals surface area contributed by atoms with Gasteiger partial charge in [-0.1, -0.05) is 73.5 Å². The first-order valence-electron chi connectivity index (χ1n) is 15.0. The molecule has 3 aliphatic rings. The molecule has 2 fully saturated rings. The van der Waals surface area contributed by atoms with Crippen LogP contribution in [-0.2, 0) is 40.3 Å². The molecule has 1 aliphatic carbocycles. The molecule has 0 atom stereocenters. The highest BCUT2D eigenvalue weighted by Gasteiger charge is 2.37. The van der Waals surface area contributed by atoms with Crippen molar-refractivity contribution in [3.8, 4) is 5.69 Å². The van der Waals surface area contributed by atoms with E-state index < -0.39 is 0 Å². The lowest BCUT2D eigenvalue weighted by atomic mass is 9.95. The fraction of sp³-hybridized carbons (Fsp3) is 0.455. The van der Waals surface area contributed by atoms with Gasteiger partial charge in [0, 0.05) is 37.8 Å². The summed E-state index contributed by atoms with van der Waals surface area (Å²) in [5, 5.41) is 1.27. The molecule has 1 aromatic heterocycles. The number of hydrogen-bond acceptors (Lipinski definition) is 7. The smallest absolute Gasteiger partial charge is 0.309 e. The minimum Gasteiger partial charge on any atom is -0.469 e. The van der Waals surface area contributed by atoms with Crippen LogP contribution in [0.25, 0.3) is 5.69 Å². The summed E-state index contributed by atoms with van der Waals surface area (Å²) in [5.41, 5.74) is 4.35. The number of hydrogen-bond donors (Lipinski definition) is 0. The average Bonchev–Trinajstić information content (AvgIpc) is 3.00. The molecule has 3 heterocycles. The Morgan fingerprint density at radius 2 is 1.69 bits per heavy atom. The van der Waals surface area contributed by atoms with E-state index in [1.165, 1.54) is 26.4 Å². The topological polar surface area (TPSA) is 84.7 Å². The second kappa shape index (κ2) is 12.8. The predicted octanol–water partition coefficient (Wildman–Crippen LogP) is 4.39. The highest BCUT2D eigenvalue weighted by molar-refractivity contribution is 7.99. The zero-order valence-electron chi connectivity index (χ0n) is 24.2. The van der Waals surface area contributed by atoms with Crippen molar-refractivity contribution in [2.24, 2.45) is 5.92 Å². The van der Waals surface area contributed by atoms with Gasteiger partial charge in [0.1, 0.15) is 0 Å². The molecule has 1 amide bonds. The Balaban J connectivity index is 1.12. The molecule has 1 saturated heterocycles. The number of carbonyl (C=O) groups is 2. The van der Waals surface area contributed by atoms with E-state index in [1.54, 1.807) is 16.3 Å². The molecule has 3 aromatic rings. The molecule has 0 bridgehead atoms. The molecule has 6 rings (SSSR count). The maximum atomic E-state index is 14.0. The standard InChI is InChI=1S/C33H38N4O4S/c1-41-30(38)18-23-12-14-24(15-13-23)19-35-20-25(21-35)31(39)36-17-16-29-28(22-36)32(40)37(26-8-4-2-5-9-26)33(34-29)42-27-10-6-3-7-11-27/h2,4-5,8-9,12-15,25,27H,3,6-7,10-11,16-22H2,1H3. The van der Waals surface area contributed by atoms with Gasteiger partial charge in [-0.2, -0.15) is 0 Å². The fourth-order valence-corrected chi connectivity index (χ4v) is 7.56. The van der Waals surface area contributed by atoms with Gasteiger partial charge in [-0.25, -0.2) is 4.98 Å². The Bertz CT molecular complexity index is 1480. The van der Waals surface area contributed by atoms with Crippen molar-refractivity contribution in [3.05, 3.63) is 87.3 Å². The highest BCUT2D eigenvalue weighted by atomic mass is 32.2. The van der Waals surface area contributed by atoms with Gasteiger partial charge in [-0.3, -0.25) is 23.9 Å². The molecule has 42 heavy (non-hydrogen) atoms. The highest BCUT2D eigenvalue weighted by Crippen LogP contribution is 2.34. The molecule has 0 unspecified atom stereocenters. The van der Waals surface area contributed by atoms with E-state index in [0.29, 0.717) is 43.4 Å². The van der Waals surface area contributed by atoms with E-state index in [4.69, 9.17) is 9.72 Å². The molecule has 9 heteroatoms. The van der Waals surface area contributed by atoms with Gasteiger partial charge in [0.25, 0.3) is 5.56 Å². The van der Waals surface area contributed by atoms with Crippen molar-refractivity contribution in [1.82, 2.24) is 19.4 Å². The molecule has 2 aromatic carbocycles. The molecule has 0 spiro atoms. The molecule has 0 N–H and O–H groups in total. The molecule has 1 saturated carbocycles. The lowest BCUT2D eigenvalue weighted by Gasteiger charge is -2.41. The molecule has 2 aliphatic heterocycles. The number of likely N-dealkylation sites (tertiary alicyclic amines) is 1. The number of esters is 1. The van der Waals surface area contributed by atoms with E-state index in [0.717, 1.165) is 47.1 Å². The number of benzene rings is 2. The Hall–Kier alpha value is -3.43. The largest absolute Gasteiger partial charge is 0.469 e. The van der Waals surface area contributed by atoms with E-state index in [9.17, 15) is 14.4 Å². The number of nitrogens with zero attached hydrogens (tertiary/aromatic N) is 4. The van der Waals surface area contributed by atoms with Crippen LogP contribution >= 0.6 is 11.8 Å². The SMILES string of the molecule is COC(=O)Cc1ccc(CN2CC(C(=O)N3CCc4nc(SC5CCCCC5)n(-c5ccccc5)c(=O)c4C3)C2)cc1. The second-order valence-corrected chi connectivity index (χ2v) is 12.9. The van der Waals surface area contributed by atoms with Gasteiger partial charge >= 0.3 is 5.97 Å². The number of aromatic nitrogens is 2. The van der Waals surface area contributed by atoms with Crippen molar-refractivity contribution in [2.45, 2.75) is 68.4 Å². The molecule has 220 valence electrons. The van der Waals surface area contributed by atoms with Crippen LogP contribution < -0.4 is 5.56 Å². The van der Waals surface area contributed by atoms with Crippen LogP contribution in [0.2, 0.25) is 0 Å². The van der Waals surface area contributed by atoms with Crippen LogP contribution in [0.3, 0.4) is 0 Å². The van der Waals surface area contributed by atoms with Crippen LogP contribution in [0.4, 0.5) is 0 Å². The zero-order chi connectivity index (χ0) is 29.1. The summed E-state index contributed by atoms with van der Waals surface area (Å²) in [6.45, 7) is 3.09. The number of ether oxygens (including phenoxy) is 1. The number of rotatable bonds is 8. The van der Waals surface area contributed by atoms with Crippen LogP contribution in [0.1, 0.15) is 54.5 Å². The van der Waals surface area contributed by atoms with Gasteiger partial charge in [0.05, 0.1) is 42.9 Å². The van der Waals surface area contributed by atoms with Gasteiger partial charge in [-0.15, -0.1) is 0 Å². The average molecular weight is 587 g/mol.